The van der Waals surface area contributed by atoms with E-state index in [1.54, 1.807) is 7.11 Å². The van der Waals surface area contributed by atoms with Gasteiger partial charge in [-0.25, -0.2) is 0 Å². The van der Waals surface area contributed by atoms with E-state index in [9.17, 15) is 0 Å². The summed E-state index contributed by atoms with van der Waals surface area (Å²) in [6, 6.07) is 2.12. The Bertz CT molecular complexity index is 299. The van der Waals surface area contributed by atoms with Crippen LogP contribution in [0.25, 0.3) is 0 Å². The van der Waals surface area contributed by atoms with Gasteiger partial charge in [0.2, 0.25) is 0 Å². The Balaban J connectivity index is 2.29. The minimum atomic E-state index is 0.752. The molecule has 0 fully saturated rings. The van der Waals surface area contributed by atoms with Crippen molar-refractivity contribution in [2.24, 2.45) is 0 Å². The molecule has 0 aliphatic rings. The quantitative estimate of drug-likeness (QED) is 0.669. The molecule has 4 heteroatoms. The van der Waals surface area contributed by atoms with Gasteiger partial charge in [0.05, 0.1) is 19.4 Å². The van der Waals surface area contributed by atoms with E-state index >= 15 is 0 Å². The third kappa shape index (κ3) is 5.86. The molecule has 17 heavy (non-hydrogen) atoms. The highest BCUT2D eigenvalue weighted by atomic mass is 16.5. The lowest BCUT2D eigenvalue weighted by atomic mass is 10.3. The van der Waals surface area contributed by atoms with Crippen molar-refractivity contribution in [2.45, 2.75) is 26.4 Å². The summed E-state index contributed by atoms with van der Waals surface area (Å²) in [5, 5.41) is 3.36. The molecule has 0 aliphatic carbocycles. The van der Waals surface area contributed by atoms with Gasteiger partial charge in [-0.2, -0.15) is 0 Å². The summed E-state index contributed by atoms with van der Waals surface area (Å²) in [6.07, 6.45) is 2.99. The van der Waals surface area contributed by atoms with Gasteiger partial charge in [-0.05, 0) is 26.1 Å². The lowest BCUT2D eigenvalue weighted by Gasteiger charge is -2.13. The van der Waals surface area contributed by atoms with Crippen molar-refractivity contribution >= 4 is 0 Å². The van der Waals surface area contributed by atoms with Crippen LogP contribution in [0.1, 0.15) is 24.7 Å². The summed E-state index contributed by atoms with van der Waals surface area (Å²) >= 11 is 0. The van der Waals surface area contributed by atoms with E-state index in [1.165, 1.54) is 5.56 Å². The molecule has 0 spiro atoms. The number of ether oxygens (including phenoxy) is 1. The lowest BCUT2D eigenvalue weighted by molar-refractivity contribution is 0.155. The van der Waals surface area contributed by atoms with Crippen LogP contribution in [0.4, 0.5) is 0 Å². The maximum atomic E-state index is 5.52. The molecule has 4 nitrogen and oxygen atoms in total. The number of methoxy groups -OCH3 is 1. The number of furan rings is 1. The van der Waals surface area contributed by atoms with Crippen LogP contribution in [-0.4, -0.2) is 38.8 Å². The number of hydrogen-bond donors (Lipinski definition) is 1. The summed E-state index contributed by atoms with van der Waals surface area (Å²) in [5.41, 5.74) is 1.22. The average molecular weight is 240 g/mol. The van der Waals surface area contributed by atoms with Crippen LogP contribution in [0.2, 0.25) is 0 Å². The fourth-order valence-corrected chi connectivity index (χ4v) is 1.60. The number of rotatable bonds is 9. The minimum Gasteiger partial charge on any atom is -0.468 e. The molecule has 1 N–H and O–H groups in total. The van der Waals surface area contributed by atoms with Crippen LogP contribution in [-0.2, 0) is 17.8 Å². The molecule has 0 aliphatic heterocycles. The SMILES string of the molecule is CCCNCc1coc(CN(C)CCOC)c1. The van der Waals surface area contributed by atoms with Gasteiger partial charge in [-0.15, -0.1) is 0 Å². The van der Waals surface area contributed by atoms with Gasteiger partial charge in [0.25, 0.3) is 0 Å². The molecule has 0 aromatic carbocycles. The molecule has 0 saturated carbocycles. The second-order valence-electron chi connectivity index (χ2n) is 4.33. The van der Waals surface area contributed by atoms with E-state index in [2.05, 4.69) is 30.3 Å². The van der Waals surface area contributed by atoms with Gasteiger partial charge < -0.3 is 14.5 Å². The predicted molar refractivity (Wildman–Crippen MR) is 68.9 cm³/mol. The number of nitrogens with one attached hydrogen (secondary N) is 1. The Kier molecular flexibility index (Phi) is 6.93. The lowest BCUT2D eigenvalue weighted by Crippen LogP contribution is -2.22. The van der Waals surface area contributed by atoms with E-state index in [4.69, 9.17) is 9.15 Å². The predicted octanol–water partition coefficient (Wildman–Crippen LogP) is 1.86. The first-order valence-electron chi connectivity index (χ1n) is 6.20. The van der Waals surface area contributed by atoms with E-state index in [1.807, 2.05) is 6.26 Å². The average Bonchev–Trinajstić information content (AvgIpc) is 2.74. The third-order valence-electron chi connectivity index (χ3n) is 2.57. The first kappa shape index (κ1) is 14.2. The Hall–Kier alpha value is -0.840. The Morgan fingerprint density at radius 3 is 3.00 bits per heavy atom. The van der Waals surface area contributed by atoms with Crippen molar-refractivity contribution in [3.63, 3.8) is 0 Å². The van der Waals surface area contributed by atoms with Crippen LogP contribution >= 0.6 is 0 Å². The van der Waals surface area contributed by atoms with E-state index in [0.29, 0.717) is 0 Å². The van der Waals surface area contributed by atoms with Crippen molar-refractivity contribution in [1.29, 1.82) is 0 Å². The maximum absolute atomic E-state index is 5.52. The van der Waals surface area contributed by atoms with Gasteiger partial charge in [0.15, 0.2) is 0 Å². The highest BCUT2D eigenvalue weighted by Crippen LogP contribution is 2.09. The van der Waals surface area contributed by atoms with E-state index < -0.39 is 0 Å². The normalized spacial score (nSPS) is 11.3. The summed E-state index contributed by atoms with van der Waals surface area (Å²) in [4.78, 5) is 2.19. The first-order chi connectivity index (χ1) is 8.26. The Morgan fingerprint density at radius 1 is 1.47 bits per heavy atom. The Morgan fingerprint density at radius 2 is 2.29 bits per heavy atom. The standard InChI is InChI=1S/C13H24N2O2/c1-4-5-14-9-12-8-13(17-11-12)10-15(2)6-7-16-3/h8,11,14H,4-7,9-10H2,1-3H3. The van der Waals surface area contributed by atoms with Crippen LogP contribution in [0.3, 0.4) is 0 Å². The van der Waals surface area contributed by atoms with Gasteiger partial charge in [0, 0.05) is 25.8 Å². The topological polar surface area (TPSA) is 37.6 Å². The number of likely N-dealkylation sites (N-methyl/N-ethyl adjacent to an activating group) is 1. The molecular formula is C13H24N2O2. The van der Waals surface area contributed by atoms with Crippen molar-refractivity contribution < 1.29 is 9.15 Å². The van der Waals surface area contributed by atoms with E-state index in [0.717, 1.165) is 45.0 Å². The first-order valence-corrected chi connectivity index (χ1v) is 6.20. The molecule has 1 aromatic heterocycles. The molecule has 1 aromatic rings. The molecule has 0 atom stereocenters. The van der Waals surface area contributed by atoms with Gasteiger partial charge in [-0.3, -0.25) is 4.90 Å². The molecule has 98 valence electrons. The summed E-state index contributed by atoms with van der Waals surface area (Å²) in [7, 11) is 3.79. The largest absolute Gasteiger partial charge is 0.468 e. The van der Waals surface area contributed by atoms with Crippen molar-refractivity contribution in [3.05, 3.63) is 23.7 Å². The van der Waals surface area contributed by atoms with Crippen LogP contribution in [0.5, 0.6) is 0 Å². The summed E-state index contributed by atoms with van der Waals surface area (Å²) in [6.45, 7) is 6.60. The molecular weight excluding hydrogens is 216 g/mol. The van der Waals surface area contributed by atoms with Crippen molar-refractivity contribution in [1.82, 2.24) is 10.2 Å². The summed E-state index contributed by atoms with van der Waals surface area (Å²) < 4.78 is 10.6. The van der Waals surface area contributed by atoms with E-state index in [-0.39, 0.29) is 0 Å². The van der Waals surface area contributed by atoms with Crippen LogP contribution < -0.4 is 5.32 Å². The van der Waals surface area contributed by atoms with Gasteiger partial charge in [-0.1, -0.05) is 6.92 Å². The van der Waals surface area contributed by atoms with Crippen molar-refractivity contribution in [3.8, 4) is 0 Å². The zero-order valence-corrected chi connectivity index (χ0v) is 11.2. The second-order valence-corrected chi connectivity index (χ2v) is 4.33. The molecule has 1 rings (SSSR count). The molecule has 0 radical (unpaired) electrons. The maximum Gasteiger partial charge on any atom is 0.118 e. The fraction of sp³-hybridized carbons (Fsp3) is 0.692. The highest BCUT2D eigenvalue weighted by Gasteiger charge is 2.05. The Labute approximate surface area is 104 Å². The van der Waals surface area contributed by atoms with Crippen LogP contribution in [0, 0.1) is 0 Å². The zero-order valence-electron chi connectivity index (χ0n) is 11.2. The molecule has 1 heterocycles. The van der Waals surface area contributed by atoms with Gasteiger partial charge in [0.1, 0.15) is 5.76 Å². The molecule has 0 amide bonds. The zero-order chi connectivity index (χ0) is 12.5. The number of nitrogens with zero attached hydrogens (tertiary/aromatic N) is 1. The van der Waals surface area contributed by atoms with Gasteiger partial charge >= 0.3 is 0 Å². The summed E-state index contributed by atoms with van der Waals surface area (Å²) in [5.74, 6) is 1.01. The van der Waals surface area contributed by atoms with Crippen molar-refractivity contribution in [2.75, 3.05) is 33.9 Å². The van der Waals surface area contributed by atoms with Crippen LogP contribution in [0.15, 0.2) is 16.7 Å². The fourth-order valence-electron chi connectivity index (χ4n) is 1.60. The molecule has 0 saturated heterocycles. The molecule has 0 bridgehead atoms. The number of hydrogen-bond acceptors (Lipinski definition) is 4. The second kappa shape index (κ2) is 8.28. The third-order valence-corrected chi connectivity index (χ3v) is 2.57. The highest BCUT2D eigenvalue weighted by molar-refractivity contribution is 5.12. The monoisotopic (exact) mass is 240 g/mol. The minimum absolute atomic E-state index is 0.752. The smallest absolute Gasteiger partial charge is 0.118 e. The molecule has 0 unspecified atom stereocenters.